The summed E-state index contributed by atoms with van der Waals surface area (Å²) in [4.78, 5) is 61.5. The maximum atomic E-state index is 15.0. The number of rotatable bonds is 20. The molecule has 83 heavy (non-hydrogen) atoms. The summed E-state index contributed by atoms with van der Waals surface area (Å²) in [5, 5.41) is 19.3. The summed E-state index contributed by atoms with van der Waals surface area (Å²) < 4.78 is 6.29. The lowest BCUT2D eigenvalue weighted by atomic mass is 9.77. The van der Waals surface area contributed by atoms with Gasteiger partial charge in [0.2, 0.25) is 0 Å². The molecule has 4 heterocycles. The van der Waals surface area contributed by atoms with Gasteiger partial charge in [-0.15, -0.1) is 34.4 Å². The number of fused-ring (bicyclic) bond motifs is 1. The van der Waals surface area contributed by atoms with Gasteiger partial charge in [0.1, 0.15) is 33.9 Å². The van der Waals surface area contributed by atoms with E-state index in [2.05, 4.69) is 93.9 Å². The Morgan fingerprint density at radius 3 is 1.41 bits per heavy atom. The van der Waals surface area contributed by atoms with Gasteiger partial charge in [0, 0.05) is 16.5 Å². The van der Waals surface area contributed by atoms with Crippen molar-refractivity contribution in [2.24, 2.45) is 5.16 Å². The molecule has 12 rings (SSSR count). The topological polar surface area (TPSA) is 147 Å². The molecule has 10 aromatic rings. The van der Waals surface area contributed by atoms with E-state index in [1.807, 2.05) is 182 Å². The maximum absolute atomic E-state index is 15.0. The van der Waals surface area contributed by atoms with Gasteiger partial charge in [-0.3, -0.25) is 14.5 Å². The Morgan fingerprint density at radius 1 is 0.578 bits per heavy atom. The fourth-order valence-electron chi connectivity index (χ4n) is 10.8. The number of carbonyl (C=O) groups excluding carboxylic acids is 3. The van der Waals surface area contributed by atoms with E-state index in [1.165, 1.54) is 39.3 Å². The van der Waals surface area contributed by atoms with Crippen LogP contribution in [0.5, 0.6) is 0 Å². The third-order valence-corrected chi connectivity index (χ3v) is 17.8. The number of anilines is 2. The lowest BCUT2D eigenvalue weighted by molar-refractivity contribution is -0.154. The van der Waals surface area contributed by atoms with E-state index in [9.17, 15) is 14.4 Å². The molecule has 0 spiro atoms. The second-order valence-electron chi connectivity index (χ2n) is 19.9. The van der Waals surface area contributed by atoms with Crippen LogP contribution in [0.4, 0.5) is 10.3 Å². The zero-order chi connectivity index (χ0) is 56.6. The van der Waals surface area contributed by atoms with E-state index in [4.69, 9.17) is 19.5 Å². The Hall–Kier alpha value is -9.41. The lowest BCUT2D eigenvalue weighted by Gasteiger charge is -2.49. The van der Waals surface area contributed by atoms with Crippen molar-refractivity contribution in [1.29, 1.82) is 0 Å². The van der Waals surface area contributed by atoms with Gasteiger partial charge in [-0.2, -0.15) is 0 Å². The minimum atomic E-state index is -1.02. The smallest absolute Gasteiger partial charge is 0.356 e. The molecular formula is C68H55N7O5S3. The molecule has 2 atom stereocenters. The first-order chi connectivity index (χ1) is 40.8. The van der Waals surface area contributed by atoms with Crippen LogP contribution in [0.25, 0.3) is 0 Å². The molecule has 3 N–H and O–H groups in total. The Kier molecular flexibility index (Phi) is 15.9. The van der Waals surface area contributed by atoms with Crippen molar-refractivity contribution in [3.63, 3.8) is 0 Å². The van der Waals surface area contributed by atoms with Gasteiger partial charge in [-0.05, 0) is 57.0 Å². The van der Waals surface area contributed by atoms with Crippen molar-refractivity contribution in [3.05, 3.63) is 321 Å². The largest absolute Gasteiger partial charge is 0.448 e. The first-order valence-electron chi connectivity index (χ1n) is 27.1. The second-order valence-corrected chi connectivity index (χ2v) is 22.8. The highest BCUT2D eigenvalue weighted by Gasteiger charge is 2.54. The molecule has 0 saturated carbocycles. The first kappa shape index (κ1) is 54.2. The van der Waals surface area contributed by atoms with Crippen LogP contribution in [0.1, 0.15) is 68.9 Å². The molecule has 2 aromatic heterocycles. The molecule has 2 aliphatic heterocycles. The summed E-state index contributed by atoms with van der Waals surface area (Å²) in [6.45, 7) is 1.72. The van der Waals surface area contributed by atoms with Crippen LogP contribution in [0.2, 0.25) is 0 Å². The number of nitrogens with one attached hydrogen (secondary N) is 3. The second kappa shape index (κ2) is 24.4. The third-order valence-electron chi connectivity index (χ3n) is 14.8. The molecule has 1 unspecified atom stereocenters. The number of thiazole rings is 2. The van der Waals surface area contributed by atoms with E-state index in [0.717, 1.165) is 44.5 Å². The summed E-state index contributed by atoms with van der Waals surface area (Å²) in [6, 6.07) is 79.3. The number of hydrogen-bond donors (Lipinski definition) is 3. The van der Waals surface area contributed by atoms with E-state index in [0.29, 0.717) is 27.3 Å². The lowest BCUT2D eigenvalue weighted by Crippen LogP contribution is -2.71. The minimum absolute atomic E-state index is 0.102. The van der Waals surface area contributed by atoms with Crippen LogP contribution in [0, 0.1) is 0 Å². The quantitative estimate of drug-likeness (QED) is 0.0222. The summed E-state index contributed by atoms with van der Waals surface area (Å²) in [6.07, 6.45) is -0.724. The Morgan fingerprint density at radius 2 is 0.976 bits per heavy atom. The van der Waals surface area contributed by atoms with Crippen LogP contribution in [0.15, 0.2) is 270 Å². The average Bonchev–Trinajstić information content (AvgIpc) is 2.99. The Labute approximate surface area is 493 Å². The van der Waals surface area contributed by atoms with Crippen molar-refractivity contribution in [3.8, 4) is 0 Å². The maximum Gasteiger partial charge on any atom is 0.356 e. The average molecular weight is 1150 g/mol. The number of amides is 2. The van der Waals surface area contributed by atoms with Crippen LogP contribution >= 0.6 is 34.4 Å². The number of esters is 1. The molecule has 0 bridgehead atoms. The number of oxime groups is 1. The molecule has 15 heteroatoms. The zero-order valence-corrected chi connectivity index (χ0v) is 47.4. The number of ether oxygens (including phenoxy) is 1. The summed E-state index contributed by atoms with van der Waals surface area (Å²) in [5.41, 5.74) is 7.30. The van der Waals surface area contributed by atoms with Crippen LogP contribution in [-0.2, 0) is 41.6 Å². The number of β-lactam (4-membered cyclic amide) rings is 1. The van der Waals surface area contributed by atoms with E-state index >= 15 is 0 Å². The van der Waals surface area contributed by atoms with Crippen LogP contribution < -0.4 is 16.0 Å². The Bertz CT molecular complexity index is 3680. The first-order valence-corrected chi connectivity index (χ1v) is 29.9. The number of carbonyl (C=O) groups is 3. The molecule has 2 aliphatic rings. The minimum Gasteiger partial charge on any atom is -0.448 e. The van der Waals surface area contributed by atoms with Gasteiger partial charge in [-0.25, -0.2) is 14.8 Å². The van der Waals surface area contributed by atoms with Crippen molar-refractivity contribution in [2.45, 2.75) is 42.1 Å². The third kappa shape index (κ3) is 11.0. The van der Waals surface area contributed by atoms with Gasteiger partial charge in [-0.1, -0.05) is 248 Å². The highest BCUT2D eigenvalue weighted by atomic mass is 32.2. The van der Waals surface area contributed by atoms with Crippen LogP contribution in [0.3, 0.4) is 0 Å². The predicted octanol–water partition coefficient (Wildman–Crippen LogP) is 13.3. The van der Waals surface area contributed by atoms with Gasteiger partial charge in [0.05, 0.1) is 5.69 Å². The van der Waals surface area contributed by atoms with E-state index < -0.39 is 46.4 Å². The highest BCUT2D eigenvalue weighted by molar-refractivity contribution is 8.00. The van der Waals surface area contributed by atoms with Gasteiger partial charge in [0.15, 0.2) is 28.7 Å². The van der Waals surface area contributed by atoms with E-state index in [1.54, 1.807) is 5.38 Å². The zero-order valence-electron chi connectivity index (χ0n) is 44.9. The van der Waals surface area contributed by atoms with Crippen molar-refractivity contribution in [1.82, 2.24) is 20.2 Å². The summed E-state index contributed by atoms with van der Waals surface area (Å²) in [5.74, 6) is -1.36. The number of nitrogens with zero attached hydrogens (tertiary/aromatic N) is 4. The molecule has 8 aromatic carbocycles. The van der Waals surface area contributed by atoms with Gasteiger partial charge < -0.3 is 25.5 Å². The SMILES string of the molecule is CC1=C(C(=O)OC(c2ccccc2)c2ccccc2)N2C(=O)C(NC(=O)/C(=N\OCc3csc(NC(c4ccccc4)(c4ccccc4)c4ccccc4)n3)c3csc(NC(c4ccccc4)(c4ccccc4)c4ccccc4)n3)[C@@H]2SC1. The summed E-state index contributed by atoms with van der Waals surface area (Å²) >= 11 is 4.19. The standard InChI is InChI=1S/C68H55N7O5S3/c1-46-43-81-63-58(62(77)75(63)59(46)64(78)80-60(47-26-10-2-11-27-47)48-28-12-3-13-29-48)71-61(76)57(56-45-83-66(70-56)73-68(52-36-20-7-21-37-52,53-38-22-8-23-39-53)54-40-24-9-25-41-54)74-79-42-55-44-82-65(69-55)72-67(49-30-14-4-15-31-49,50-32-16-5-17-33-50)51-34-18-6-19-35-51/h2-41,44-45,58,60,63H,42-43H2,1H3,(H,69,72)(H,70,73)(H,71,76)/b74-57-/t58?,63-/m0/s1. The molecule has 0 aliphatic carbocycles. The number of thioether (sulfide) groups is 1. The Balaban J connectivity index is 0.850. The molecule has 12 nitrogen and oxygen atoms in total. The van der Waals surface area contributed by atoms with E-state index in [-0.39, 0.29) is 23.7 Å². The monoisotopic (exact) mass is 1150 g/mol. The number of benzene rings is 8. The molecule has 410 valence electrons. The van der Waals surface area contributed by atoms with Gasteiger partial charge >= 0.3 is 5.97 Å². The molecule has 2 amide bonds. The summed E-state index contributed by atoms with van der Waals surface area (Å²) in [7, 11) is 0. The van der Waals surface area contributed by atoms with Crippen molar-refractivity contribution < 1.29 is 24.0 Å². The molecule has 1 fully saturated rings. The highest BCUT2D eigenvalue weighted by Crippen LogP contribution is 2.44. The normalized spacial score (nSPS) is 15.2. The molecule has 1 saturated heterocycles. The molecule has 0 radical (unpaired) electrons. The molecular weight excluding hydrogens is 1090 g/mol. The van der Waals surface area contributed by atoms with Crippen LogP contribution in [-0.4, -0.2) is 55.5 Å². The predicted molar refractivity (Wildman–Crippen MR) is 330 cm³/mol. The van der Waals surface area contributed by atoms with Gasteiger partial charge in [0.25, 0.3) is 11.8 Å². The fraction of sp³-hybridized carbons (Fsp3) is 0.118. The fourth-order valence-corrected chi connectivity index (χ4v) is 13.6. The van der Waals surface area contributed by atoms with Crippen molar-refractivity contribution >= 4 is 68.2 Å². The number of hydrogen-bond acceptors (Lipinski definition) is 13. The van der Waals surface area contributed by atoms with Crippen molar-refractivity contribution in [2.75, 3.05) is 16.4 Å². The number of aromatic nitrogens is 2.